The van der Waals surface area contributed by atoms with E-state index in [0.717, 1.165) is 19.4 Å². The topological polar surface area (TPSA) is 35.6 Å². The second kappa shape index (κ2) is 8.20. The number of nitrogens with one attached hydrogen (secondary N) is 1. The minimum absolute atomic E-state index is 0.211. The molecule has 0 radical (unpaired) electrons. The minimum Gasteiger partial charge on any atom is -0.321 e. The maximum atomic E-state index is 13.9. The van der Waals surface area contributed by atoms with E-state index in [9.17, 15) is 9.18 Å². The number of hydrogen-bond donors (Lipinski definition) is 1. The number of nitrogens with zero attached hydrogens (tertiary/aromatic N) is 2. The zero-order valence-electron chi connectivity index (χ0n) is 16.6. The van der Waals surface area contributed by atoms with Crippen molar-refractivity contribution < 1.29 is 9.18 Å². The highest BCUT2D eigenvalue weighted by atomic mass is 32.1. The molecule has 3 heterocycles. The summed E-state index contributed by atoms with van der Waals surface area (Å²) in [5, 5.41) is 6.99. The van der Waals surface area contributed by atoms with Gasteiger partial charge in [0.2, 0.25) is 0 Å². The summed E-state index contributed by atoms with van der Waals surface area (Å²) in [6.07, 6.45) is 2.20. The SMILES string of the molecule is O=C(Nc1ccccc1F)N1CC2CCC(C1)N2Cc1ccc(-c2ccsc2)cc1. The van der Waals surface area contributed by atoms with Crippen molar-refractivity contribution in [3.05, 3.63) is 76.7 Å². The standard InChI is InChI=1S/C24H24FN3OS/c25-22-3-1-2-4-23(22)26-24(29)27-14-20-9-10-21(15-27)28(20)13-17-5-7-18(8-6-17)19-11-12-30-16-19/h1-8,11-12,16,20-21H,9-10,13-15H2,(H,26,29). The first-order valence-electron chi connectivity index (χ1n) is 10.3. The molecule has 0 spiro atoms. The third-order valence-corrected chi connectivity index (χ3v) is 6.89. The van der Waals surface area contributed by atoms with E-state index in [-0.39, 0.29) is 11.7 Å². The third-order valence-electron chi connectivity index (χ3n) is 6.21. The van der Waals surface area contributed by atoms with E-state index in [1.165, 1.54) is 22.8 Å². The monoisotopic (exact) mass is 421 g/mol. The van der Waals surface area contributed by atoms with E-state index in [1.54, 1.807) is 29.5 Å². The Labute approximate surface area is 179 Å². The lowest BCUT2D eigenvalue weighted by Crippen LogP contribution is -2.55. The van der Waals surface area contributed by atoms with Crippen LogP contribution >= 0.6 is 11.3 Å². The molecular formula is C24H24FN3OS. The molecule has 2 amide bonds. The second-order valence-electron chi connectivity index (χ2n) is 8.08. The number of hydrogen-bond acceptors (Lipinski definition) is 3. The van der Waals surface area contributed by atoms with Crippen molar-refractivity contribution in [2.45, 2.75) is 31.5 Å². The maximum Gasteiger partial charge on any atom is 0.322 e. The minimum atomic E-state index is -0.404. The van der Waals surface area contributed by atoms with E-state index < -0.39 is 5.82 Å². The first kappa shape index (κ1) is 19.3. The van der Waals surface area contributed by atoms with Gasteiger partial charge in [-0.2, -0.15) is 11.3 Å². The van der Waals surface area contributed by atoms with Crippen molar-refractivity contribution in [1.29, 1.82) is 0 Å². The van der Waals surface area contributed by atoms with Crippen LogP contribution in [0.15, 0.2) is 65.4 Å². The fraction of sp³-hybridized carbons (Fsp3) is 0.292. The number of benzene rings is 2. The molecule has 1 N–H and O–H groups in total. The zero-order chi connectivity index (χ0) is 20.5. The van der Waals surface area contributed by atoms with Gasteiger partial charge in [0.25, 0.3) is 0 Å². The molecule has 1 aromatic heterocycles. The van der Waals surface area contributed by atoms with Gasteiger partial charge >= 0.3 is 6.03 Å². The number of halogens is 1. The number of amides is 2. The first-order valence-corrected chi connectivity index (χ1v) is 11.3. The molecule has 154 valence electrons. The molecule has 0 aliphatic carbocycles. The van der Waals surface area contributed by atoms with Crippen LogP contribution in [-0.4, -0.2) is 41.0 Å². The van der Waals surface area contributed by atoms with Gasteiger partial charge in [0.1, 0.15) is 5.82 Å². The van der Waals surface area contributed by atoms with Gasteiger partial charge in [0.15, 0.2) is 0 Å². The fourth-order valence-electron chi connectivity index (χ4n) is 4.61. The quantitative estimate of drug-likeness (QED) is 0.609. The average Bonchev–Trinajstić information content (AvgIpc) is 3.36. The molecule has 2 aliphatic rings. The van der Waals surface area contributed by atoms with Crippen LogP contribution in [0.2, 0.25) is 0 Å². The van der Waals surface area contributed by atoms with Crippen molar-refractivity contribution >= 4 is 23.1 Å². The largest absolute Gasteiger partial charge is 0.322 e. The molecule has 30 heavy (non-hydrogen) atoms. The lowest BCUT2D eigenvalue weighted by molar-refractivity contribution is 0.0812. The molecule has 2 aliphatic heterocycles. The Morgan fingerprint density at radius 3 is 2.40 bits per heavy atom. The van der Waals surface area contributed by atoms with Crippen LogP contribution in [0.1, 0.15) is 18.4 Å². The lowest BCUT2D eigenvalue weighted by atomic mass is 10.1. The van der Waals surface area contributed by atoms with Crippen LogP contribution in [0.3, 0.4) is 0 Å². The molecule has 4 nitrogen and oxygen atoms in total. The predicted octanol–water partition coefficient (Wildman–Crippen LogP) is 5.43. The normalized spacial score (nSPS) is 21.0. The summed E-state index contributed by atoms with van der Waals surface area (Å²) < 4.78 is 13.9. The molecule has 2 fully saturated rings. The molecule has 0 saturated carbocycles. The van der Waals surface area contributed by atoms with Crippen molar-refractivity contribution in [2.24, 2.45) is 0 Å². The van der Waals surface area contributed by atoms with Crippen LogP contribution in [0.5, 0.6) is 0 Å². The van der Waals surface area contributed by atoms with Crippen LogP contribution in [0.4, 0.5) is 14.9 Å². The molecule has 6 heteroatoms. The van der Waals surface area contributed by atoms with Gasteiger partial charge in [-0.1, -0.05) is 36.4 Å². The predicted molar refractivity (Wildman–Crippen MR) is 119 cm³/mol. The van der Waals surface area contributed by atoms with Gasteiger partial charge in [0, 0.05) is 31.7 Å². The van der Waals surface area contributed by atoms with Gasteiger partial charge in [-0.15, -0.1) is 0 Å². The number of thiophene rings is 1. The maximum absolute atomic E-state index is 13.9. The highest BCUT2D eigenvalue weighted by Crippen LogP contribution is 2.32. The highest BCUT2D eigenvalue weighted by Gasteiger charge is 2.41. The molecule has 2 aromatic carbocycles. The number of para-hydroxylation sites is 1. The van der Waals surface area contributed by atoms with E-state index in [2.05, 4.69) is 51.3 Å². The van der Waals surface area contributed by atoms with Crippen molar-refractivity contribution in [3.63, 3.8) is 0 Å². The van der Waals surface area contributed by atoms with Crippen molar-refractivity contribution in [3.8, 4) is 11.1 Å². The Balaban J connectivity index is 1.22. The van der Waals surface area contributed by atoms with Gasteiger partial charge in [-0.25, -0.2) is 9.18 Å². The highest BCUT2D eigenvalue weighted by molar-refractivity contribution is 7.08. The lowest BCUT2D eigenvalue weighted by Gasteiger charge is -2.41. The van der Waals surface area contributed by atoms with Crippen LogP contribution < -0.4 is 5.32 Å². The number of carbonyl (C=O) groups excluding carboxylic acids is 1. The molecular weight excluding hydrogens is 397 g/mol. The summed E-state index contributed by atoms with van der Waals surface area (Å²) in [4.78, 5) is 17.1. The number of carbonyl (C=O) groups is 1. The summed E-state index contributed by atoms with van der Waals surface area (Å²) in [6, 6.07) is 17.8. The van der Waals surface area contributed by atoms with Crippen LogP contribution in [0, 0.1) is 5.82 Å². The van der Waals surface area contributed by atoms with E-state index in [0.29, 0.717) is 25.2 Å². The number of rotatable bonds is 4. The number of fused-ring (bicyclic) bond motifs is 2. The van der Waals surface area contributed by atoms with Crippen molar-refractivity contribution in [1.82, 2.24) is 9.80 Å². The Bertz CT molecular complexity index is 1010. The molecule has 3 aromatic rings. The number of likely N-dealkylation sites (tertiary alicyclic amines) is 1. The molecule has 2 unspecified atom stereocenters. The van der Waals surface area contributed by atoms with E-state index >= 15 is 0 Å². The Morgan fingerprint density at radius 2 is 1.73 bits per heavy atom. The Kier molecular flexibility index (Phi) is 5.27. The summed E-state index contributed by atoms with van der Waals surface area (Å²) in [5.74, 6) is -0.404. The van der Waals surface area contributed by atoms with Crippen LogP contribution in [-0.2, 0) is 6.54 Å². The summed E-state index contributed by atoms with van der Waals surface area (Å²) >= 11 is 1.71. The van der Waals surface area contributed by atoms with E-state index in [4.69, 9.17) is 0 Å². The van der Waals surface area contributed by atoms with Gasteiger partial charge in [-0.05, 0) is 58.5 Å². The zero-order valence-corrected chi connectivity index (χ0v) is 17.4. The molecule has 2 saturated heterocycles. The van der Waals surface area contributed by atoms with Gasteiger partial charge in [-0.3, -0.25) is 4.90 Å². The third kappa shape index (κ3) is 3.85. The molecule has 2 bridgehead atoms. The van der Waals surface area contributed by atoms with Gasteiger partial charge in [0.05, 0.1) is 5.69 Å². The Hall–Kier alpha value is -2.70. The van der Waals surface area contributed by atoms with Crippen LogP contribution in [0.25, 0.3) is 11.1 Å². The second-order valence-corrected chi connectivity index (χ2v) is 8.86. The summed E-state index contributed by atoms with van der Waals surface area (Å²) in [6.45, 7) is 2.27. The molecule has 5 rings (SSSR count). The number of piperazine rings is 1. The summed E-state index contributed by atoms with van der Waals surface area (Å²) in [5.41, 5.74) is 4.05. The first-order chi connectivity index (χ1) is 14.7. The number of urea groups is 1. The fourth-order valence-corrected chi connectivity index (χ4v) is 5.28. The van der Waals surface area contributed by atoms with Crippen molar-refractivity contribution in [2.75, 3.05) is 18.4 Å². The smallest absolute Gasteiger partial charge is 0.321 e. The van der Waals surface area contributed by atoms with E-state index in [1.807, 2.05) is 4.90 Å². The number of anilines is 1. The van der Waals surface area contributed by atoms with Gasteiger partial charge < -0.3 is 10.2 Å². The average molecular weight is 422 g/mol. The summed E-state index contributed by atoms with van der Waals surface area (Å²) in [7, 11) is 0. The Morgan fingerprint density at radius 1 is 1.00 bits per heavy atom. The molecule has 2 atom stereocenters.